The molecule has 0 spiro atoms. The molecule has 1 atom stereocenters. The van der Waals surface area contributed by atoms with Crippen molar-refractivity contribution in [2.24, 2.45) is 5.41 Å². The quantitative estimate of drug-likeness (QED) is 0.775. The third kappa shape index (κ3) is 4.29. The largest absolute Gasteiger partial charge is 0.310 e. The van der Waals surface area contributed by atoms with Crippen molar-refractivity contribution >= 4 is 11.6 Å². The average Bonchev–Trinajstić information content (AvgIpc) is 2.50. The monoisotopic (exact) mass is 265 g/mol. The maximum Gasteiger partial charge on any atom is 0.0406 e. The normalized spacial score (nSPS) is 23.6. The Morgan fingerprint density at radius 2 is 1.89 bits per heavy atom. The van der Waals surface area contributed by atoms with Crippen molar-refractivity contribution in [3.05, 3.63) is 34.9 Å². The molecule has 0 amide bonds. The van der Waals surface area contributed by atoms with E-state index in [9.17, 15) is 0 Å². The third-order valence-corrected chi connectivity index (χ3v) is 4.34. The highest BCUT2D eigenvalue weighted by Crippen LogP contribution is 2.33. The Hall–Kier alpha value is -0.530. The first kappa shape index (κ1) is 13.9. The van der Waals surface area contributed by atoms with Crippen molar-refractivity contribution in [3.63, 3.8) is 0 Å². The van der Waals surface area contributed by atoms with Crippen molar-refractivity contribution in [2.45, 2.75) is 58.5 Å². The number of rotatable bonds is 3. The molecule has 1 nitrogen and oxygen atoms in total. The van der Waals surface area contributed by atoms with Gasteiger partial charge >= 0.3 is 0 Å². The van der Waals surface area contributed by atoms with Gasteiger partial charge < -0.3 is 5.32 Å². The van der Waals surface area contributed by atoms with Gasteiger partial charge in [0.05, 0.1) is 0 Å². The number of benzene rings is 1. The Morgan fingerprint density at radius 1 is 1.17 bits per heavy atom. The number of hydrogen-bond acceptors (Lipinski definition) is 1. The Balaban J connectivity index is 1.81. The maximum atomic E-state index is 5.89. The summed E-state index contributed by atoms with van der Waals surface area (Å²) in [5.41, 5.74) is 1.86. The molecule has 1 N–H and O–H groups in total. The molecule has 1 unspecified atom stereocenters. The molecule has 1 fully saturated rings. The minimum absolute atomic E-state index is 0.538. The van der Waals surface area contributed by atoms with Crippen LogP contribution in [-0.2, 0) is 6.54 Å². The van der Waals surface area contributed by atoms with Gasteiger partial charge in [0.2, 0.25) is 0 Å². The van der Waals surface area contributed by atoms with Crippen LogP contribution >= 0.6 is 11.6 Å². The van der Waals surface area contributed by atoms with E-state index < -0.39 is 0 Å². The van der Waals surface area contributed by atoms with Gasteiger partial charge in [-0.15, -0.1) is 0 Å². The van der Waals surface area contributed by atoms with E-state index in [2.05, 4.69) is 31.3 Å². The van der Waals surface area contributed by atoms with E-state index in [1.807, 2.05) is 12.1 Å². The molecule has 0 aromatic heterocycles. The van der Waals surface area contributed by atoms with Crippen LogP contribution in [0.3, 0.4) is 0 Å². The zero-order chi connectivity index (χ0) is 13.0. The average molecular weight is 266 g/mol. The van der Waals surface area contributed by atoms with E-state index in [1.54, 1.807) is 0 Å². The summed E-state index contributed by atoms with van der Waals surface area (Å²) >= 11 is 5.89. The van der Waals surface area contributed by atoms with E-state index >= 15 is 0 Å². The number of halogens is 1. The van der Waals surface area contributed by atoms with Gasteiger partial charge in [-0.05, 0) is 48.8 Å². The van der Waals surface area contributed by atoms with Gasteiger partial charge in [-0.2, -0.15) is 0 Å². The van der Waals surface area contributed by atoms with Crippen molar-refractivity contribution < 1.29 is 0 Å². The van der Waals surface area contributed by atoms with E-state index in [-0.39, 0.29) is 0 Å². The molecule has 0 saturated heterocycles. The summed E-state index contributed by atoms with van der Waals surface area (Å²) in [6.07, 6.45) is 6.68. The predicted molar refractivity (Wildman–Crippen MR) is 78.9 cm³/mol. The summed E-state index contributed by atoms with van der Waals surface area (Å²) < 4.78 is 0. The van der Waals surface area contributed by atoms with Crippen LogP contribution < -0.4 is 5.32 Å². The molecule has 2 rings (SSSR count). The van der Waals surface area contributed by atoms with Gasteiger partial charge in [0, 0.05) is 17.6 Å². The van der Waals surface area contributed by atoms with Gasteiger partial charge in [0.1, 0.15) is 0 Å². The SMILES string of the molecule is CC1(C)CCCC(NCc2ccc(Cl)cc2)CC1. The summed E-state index contributed by atoms with van der Waals surface area (Å²) in [5.74, 6) is 0. The van der Waals surface area contributed by atoms with E-state index in [1.165, 1.54) is 37.7 Å². The van der Waals surface area contributed by atoms with Crippen molar-refractivity contribution in [3.8, 4) is 0 Å². The second-order valence-corrected chi connectivity index (χ2v) is 6.74. The fraction of sp³-hybridized carbons (Fsp3) is 0.625. The van der Waals surface area contributed by atoms with E-state index in [0.29, 0.717) is 11.5 Å². The lowest BCUT2D eigenvalue weighted by Gasteiger charge is -2.22. The molecule has 0 heterocycles. The second kappa shape index (κ2) is 6.08. The smallest absolute Gasteiger partial charge is 0.0406 e. The van der Waals surface area contributed by atoms with Crippen LogP contribution in [0.15, 0.2) is 24.3 Å². The topological polar surface area (TPSA) is 12.0 Å². The van der Waals surface area contributed by atoms with Crippen LogP contribution in [0, 0.1) is 5.41 Å². The molecule has 1 aromatic carbocycles. The lowest BCUT2D eigenvalue weighted by atomic mass is 9.85. The number of nitrogens with one attached hydrogen (secondary N) is 1. The molecular weight excluding hydrogens is 242 g/mol. The molecule has 1 aliphatic carbocycles. The van der Waals surface area contributed by atoms with Gasteiger partial charge in [-0.25, -0.2) is 0 Å². The molecule has 1 saturated carbocycles. The fourth-order valence-corrected chi connectivity index (χ4v) is 2.86. The third-order valence-electron chi connectivity index (χ3n) is 4.08. The zero-order valence-corrected chi connectivity index (χ0v) is 12.3. The highest BCUT2D eigenvalue weighted by atomic mass is 35.5. The van der Waals surface area contributed by atoms with Gasteiger partial charge in [-0.3, -0.25) is 0 Å². The lowest BCUT2D eigenvalue weighted by molar-refractivity contribution is 0.309. The first-order chi connectivity index (χ1) is 8.55. The van der Waals surface area contributed by atoms with Crippen LogP contribution in [0.5, 0.6) is 0 Å². The van der Waals surface area contributed by atoms with E-state index in [4.69, 9.17) is 11.6 Å². The maximum absolute atomic E-state index is 5.89. The highest BCUT2D eigenvalue weighted by molar-refractivity contribution is 6.30. The molecule has 1 aromatic rings. The van der Waals surface area contributed by atoms with Crippen molar-refractivity contribution in [1.29, 1.82) is 0 Å². The van der Waals surface area contributed by atoms with Crippen LogP contribution in [-0.4, -0.2) is 6.04 Å². The summed E-state index contributed by atoms with van der Waals surface area (Å²) in [6.45, 7) is 5.76. The molecule has 0 bridgehead atoms. The van der Waals surface area contributed by atoms with Crippen molar-refractivity contribution in [2.75, 3.05) is 0 Å². The van der Waals surface area contributed by atoms with Gasteiger partial charge in [-0.1, -0.05) is 44.0 Å². The lowest BCUT2D eigenvalue weighted by Crippen LogP contribution is -2.28. The van der Waals surface area contributed by atoms with Gasteiger partial charge in [0.25, 0.3) is 0 Å². The Bertz CT molecular complexity index is 369. The Morgan fingerprint density at radius 3 is 2.61 bits per heavy atom. The molecule has 1 aliphatic rings. The van der Waals surface area contributed by atoms with Crippen molar-refractivity contribution in [1.82, 2.24) is 5.32 Å². The summed E-state index contributed by atoms with van der Waals surface area (Å²) in [7, 11) is 0. The zero-order valence-electron chi connectivity index (χ0n) is 11.5. The molecule has 0 aliphatic heterocycles. The molecule has 18 heavy (non-hydrogen) atoms. The fourth-order valence-electron chi connectivity index (χ4n) is 2.73. The number of hydrogen-bond donors (Lipinski definition) is 1. The first-order valence-electron chi connectivity index (χ1n) is 7.03. The van der Waals surface area contributed by atoms with Crippen LogP contribution in [0.4, 0.5) is 0 Å². The van der Waals surface area contributed by atoms with Crippen LogP contribution in [0.2, 0.25) is 5.02 Å². The highest BCUT2D eigenvalue weighted by Gasteiger charge is 2.23. The van der Waals surface area contributed by atoms with Crippen LogP contribution in [0.1, 0.15) is 51.5 Å². The minimum atomic E-state index is 0.538. The molecule has 0 radical (unpaired) electrons. The van der Waals surface area contributed by atoms with E-state index in [0.717, 1.165) is 11.6 Å². The summed E-state index contributed by atoms with van der Waals surface area (Å²) in [6, 6.07) is 8.83. The second-order valence-electron chi connectivity index (χ2n) is 6.30. The van der Waals surface area contributed by atoms with Gasteiger partial charge in [0.15, 0.2) is 0 Å². The standard InChI is InChI=1S/C16H24ClN/c1-16(2)10-3-4-15(9-11-16)18-12-13-5-7-14(17)8-6-13/h5-8,15,18H,3-4,9-12H2,1-2H3. The Kier molecular flexibility index (Phi) is 4.69. The van der Waals surface area contributed by atoms with Crippen LogP contribution in [0.25, 0.3) is 0 Å². The Labute approximate surface area is 116 Å². The summed E-state index contributed by atoms with van der Waals surface area (Å²) in [4.78, 5) is 0. The minimum Gasteiger partial charge on any atom is -0.310 e. The molecule has 2 heteroatoms. The summed E-state index contributed by atoms with van der Waals surface area (Å²) in [5, 5.41) is 4.51. The molecule has 100 valence electrons. The predicted octanol–water partition coefficient (Wildman–Crippen LogP) is 4.79. The first-order valence-corrected chi connectivity index (χ1v) is 7.41. The molecular formula is C16H24ClN.